The Kier molecular flexibility index (Phi) is 3.75. The minimum absolute atomic E-state index is 0.0235. The molecule has 0 N–H and O–H groups in total. The van der Waals surface area contributed by atoms with Crippen LogP contribution in [0.5, 0.6) is 0 Å². The molecule has 0 saturated carbocycles. The molecule has 1 aliphatic rings. The molecule has 1 heterocycles. The molecule has 94 valence electrons. The molecular weight excluding hydrogens is 261 g/mol. The zero-order chi connectivity index (χ0) is 12.5. The molecule has 17 heavy (non-hydrogen) atoms. The Morgan fingerprint density at radius 3 is 2.71 bits per heavy atom. The minimum atomic E-state index is -3.71. The van der Waals surface area contributed by atoms with E-state index >= 15 is 0 Å². The first-order valence-corrected chi connectivity index (χ1v) is 7.93. The summed E-state index contributed by atoms with van der Waals surface area (Å²) in [5, 5.41) is 0. The third kappa shape index (κ3) is 2.48. The molecule has 1 aromatic carbocycles. The van der Waals surface area contributed by atoms with Crippen LogP contribution in [0.25, 0.3) is 0 Å². The van der Waals surface area contributed by atoms with Gasteiger partial charge in [-0.3, -0.25) is 0 Å². The van der Waals surface area contributed by atoms with Gasteiger partial charge in [-0.1, -0.05) is 12.1 Å². The highest BCUT2D eigenvalue weighted by atomic mass is 32.2. The average Bonchev–Trinajstić information content (AvgIpc) is 2.81. The summed E-state index contributed by atoms with van der Waals surface area (Å²) >= 11 is 1.73. The lowest BCUT2D eigenvalue weighted by atomic mass is 10.3. The van der Waals surface area contributed by atoms with E-state index in [9.17, 15) is 12.8 Å². The topological polar surface area (TPSA) is 37.4 Å². The van der Waals surface area contributed by atoms with E-state index in [-0.39, 0.29) is 10.9 Å². The fourth-order valence-corrected chi connectivity index (χ4v) is 4.62. The molecule has 1 fully saturated rings. The first-order valence-electron chi connectivity index (χ1n) is 5.34. The lowest BCUT2D eigenvalue weighted by Crippen LogP contribution is -2.37. The fourth-order valence-electron chi connectivity index (χ4n) is 1.81. The third-order valence-electron chi connectivity index (χ3n) is 2.91. The second kappa shape index (κ2) is 4.96. The van der Waals surface area contributed by atoms with Crippen molar-refractivity contribution >= 4 is 21.8 Å². The van der Waals surface area contributed by atoms with Crippen molar-refractivity contribution in [2.45, 2.75) is 17.4 Å². The molecule has 6 heteroatoms. The van der Waals surface area contributed by atoms with Crippen LogP contribution in [0.3, 0.4) is 0 Å². The lowest BCUT2D eigenvalue weighted by Gasteiger charge is -2.23. The fraction of sp³-hybridized carbons (Fsp3) is 0.455. The number of nitrogens with zero attached hydrogens (tertiary/aromatic N) is 1. The molecule has 0 aliphatic carbocycles. The first kappa shape index (κ1) is 12.9. The van der Waals surface area contributed by atoms with Gasteiger partial charge in [0.2, 0.25) is 10.0 Å². The average molecular weight is 275 g/mol. The summed E-state index contributed by atoms with van der Waals surface area (Å²) in [6, 6.07) is 5.48. The summed E-state index contributed by atoms with van der Waals surface area (Å²) in [4.78, 5) is -0.237. The first-order chi connectivity index (χ1) is 8.03. The summed E-state index contributed by atoms with van der Waals surface area (Å²) in [6.45, 7) is 0. The summed E-state index contributed by atoms with van der Waals surface area (Å²) in [5.74, 6) is 1.05. The standard InChI is InChI=1S/C11H14FNO2S2/c1-13(9-6-7-16-8-9)17(14,15)11-5-3-2-4-10(11)12/h2-5,9H,6-8H2,1H3. The Morgan fingerprint density at radius 1 is 1.41 bits per heavy atom. The summed E-state index contributed by atoms with van der Waals surface area (Å²) in [6.07, 6.45) is 0.828. The van der Waals surface area contributed by atoms with Crippen LogP contribution >= 0.6 is 11.8 Å². The number of sulfonamides is 1. The highest BCUT2D eigenvalue weighted by Gasteiger charge is 2.31. The van der Waals surface area contributed by atoms with Crippen LogP contribution in [-0.4, -0.2) is 37.3 Å². The summed E-state index contributed by atoms with van der Waals surface area (Å²) in [7, 11) is -2.18. The van der Waals surface area contributed by atoms with Gasteiger partial charge in [0.15, 0.2) is 0 Å². The smallest absolute Gasteiger partial charge is 0.207 e. The largest absolute Gasteiger partial charge is 0.246 e. The maximum absolute atomic E-state index is 13.5. The SMILES string of the molecule is CN(C1CCSC1)S(=O)(=O)c1ccccc1F. The highest BCUT2D eigenvalue weighted by molar-refractivity contribution is 7.99. The molecule has 0 radical (unpaired) electrons. The monoisotopic (exact) mass is 275 g/mol. The number of hydrogen-bond acceptors (Lipinski definition) is 3. The van der Waals surface area contributed by atoms with Gasteiger partial charge in [-0.2, -0.15) is 16.1 Å². The van der Waals surface area contributed by atoms with Crippen LogP contribution < -0.4 is 0 Å². The van der Waals surface area contributed by atoms with Gasteiger partial charge in [0.1, 0.15) is 10.7 Å². The van der Waals surface area contributed by atoms with Gasteiger partial charge < -0.3 is 0 Å². The van der Waals surface area contributed by atoms with Crippen LogP contribution in [-0.2, 0) is 10.0 Å². The Hall–Kier alpha value is -0.590. The van der Waals surface area contributed by atoms with E-state index in [4.69, 9.17) is 0 Å². The molecule has 3 nitrogen and oxygen atoms in total. The molecule has 0 aromatic heterocycles. The zero-order valence-corrected chi connectivity index (χ0v) is 11.1. The van der Waals surface area contributed by atoms with E-state index < -0.39 is 15.8 Å². The van der Waals surface area contributed by atoms with E-state index in [1.165, 1.54) is 35.6 Å². The number of halogens is 1. The van der Waals surface area contributed by atoms with Gasteiger partial charge in [-0.15, -0.1) is 0 Å². The van der Waals surface area contributed by atoms with Gasteiger partial charge >= 0.3 is 0 Å². The van der Waals surface area contributed by atoms with Crippen molar-refractivity contribution in [3.63, 3.8) is 0 Å². The number of benzene rings is 1. The third-order valence-corrected chi connectivity index (χ3v) is 6.00. The molecule has 1 unspecified atom stereocenters. The molecule has 0 spiro atoms. The predicted molar refractivity (Wildman–Crippen MR) is 67.1 cm³/mol. The quantitative estimate of drug-likeness (QED) is 0.846. The zero-order valence-electron chi connectivity index (χ0n) is 9.47. The van der Waals surface area contributed by atoms with Crippen molar-refractivity contribution in [1.82, 2.24) is 4.31 Å². The van der Waals surface area contributed by atoms with Crippen molar-refractivity contribution in [3.8, 4) is 0 Å². The van der Waals surface area contributed by atoms with Crippen LogP contribution in [0.4, 0.5) is 4.39 Å². The number of hydrogen-bond donors (Lipinski definition) is 0. The molecule has 0 amide bonds. The summed E-state index contributed by atoms with van der Waals surface area (Å²) in [5.41, 5.74) is 0. The minimum Gasteiger partial charge on any atom is -0.207 e. The molecular formula is C11H14FNO2S2. The van der Waals surface area contributed by atoms with Crippen molar-refractivity contribution in [2.75, 3.05) is 18.6 Å². The van der Waals surface area contributed by atoms with Gasteiger partial charge in [0.05, 0.1) is 0 Å². The van der Waals surface area contributed by atoms with E-state index in [0.717, 1.165) is 17.9 Å². The highest BCUT2D eigenvalue weighted by Crippen LogP contribution is 2.27. The van der Waals surface area contributed by atoms with Crippen molar-refractivity contribution in [3.05, 3.63) is 30.1 Å². The Labute approximate surface area is 105 Å². The van der Waals surface area contributed by atoms with E-state index in [1.54, 1.807) is 11.8 Å². The van der Waals surface area contributed by atoms with Crippen LogP contribution in [0.2, 0.25) is 0 Å². The number of rotatable bonds is 3. The van der Waals surface area contributed by atoms with Crippen LogP contribution in [0.15, 0.2) is 29.2 Å². The Morgan fingerprint density at radius 2 is 2.12 bits per heavy atom. The van der Waals surface area contributed by atoms with Gasteiger partial charge in [0, 0.05) is 18.8 Å². The van der Waals surface area contributed by atoms with Crippen LogP contribution in [0.1, 0.15) is 6.42 Å². The maximum atomic E-state index is 13.5. The maximum Gasteiger partial charge on any atom is 0.246 e. The predicted octanol–water partition coefficient (Wildman–Crippen LogP) is 1.95. The normalized spacial score (nSPS) is 21.0. The van der Waals surface area contributed by atoms with E-state index in [1.807, 2.05) is 0 Å². The Bertz CT molecular complexity index is 498. The lowest BCUT2D eigenvalue weighted by molar-refractivity contribution is 0.392. The van der Waals surface area contributed by atoms with E-state index in [0.29, 0.717) is 0 Å². The number of thioether (sulfide) groups is 1. The van der Waals surface area contributed by atoms with Crippen molar-refractivity contribution < 1.29 is 12.8 Å². The van der Waals surface area contributed by atoms with Gasteiger partial charge in [-0.05, 0) is 24.3 Å². The van der Waals surface area contributed by atoms with Gasteiger partial charge in [-0.25, -0.2) is 12.8 Å². The molecule has 2 rings (SSSR count). The summed E-state index contributed by atoms with van der Waals surface area (Å²) < 4.78 is 39.3. The molecule has 1 aromatic rings. The Balaban J connectivity index is 2.33. The van der Waals surface area contributed by atoms with Gasteiger partial charge in [0.25, 0.3) is 0 Å². The second-order valence-electron chi connectivity index (χ2n) is 3.97. The molecule has 0 bridgehead atoms. The van der Waals surface area contributed by atoms with Crippen molar-refractivity contribution in [2.24, 2.45) is 0 Å². The second-order valence-corrected chi connectivity index (χ2v) is 7.08. The van der Waals surface area contributed by atoms with Crippen LogP contribution in [0, 0.1) is 5.82 Å². The van der Waals surface area contributed by atoms with Crippen molar-refractivity contribution in [1.29, 1.82) is 0 Å². The van der Waals surface area contributed by atoms with E-state index in [2.05, 4.69) is 0 Å². The molecule has 1 aliphatic heterocycles. The molecule has 1 atom stereocenters. The molecule has 1 saturated heterocycles.